The molecule has 0 bridgehead atoms. The fourth-order valence-electron chi connectivity index (χ4n) is 1.25. The van der Waals surface area contributed by atoms with Gasteiger partial charge < -0.3 is 5.73 Å². The van der Waals surface area contributed by atoms with Crippen molar-refractivity contribution in [2.45, 2.75) is 25.8 Å². The number of Topliss-reactive ketones (excluding diaryl/α,β-unsaturated/α-hetero) is 1. The zero-order chi connectivity index (χ0) is 12.5. The van der Waals surface area contributed by atoms with Crippen LogP contribution in [0.15, 0.2) is 12.1 Å². The molecule has 0 unspecified atom stereocenters. The molecule has 0 aliphatic heterocycles. The van der Waals surface area contributed by atoms with Crippen LogP contribution in [0.4, 0.5) is 13.2 Å². The van der Waals surface area contributed by atoms with Gasteiger partial charge >= 0.3 is 0 Å². The summed E-state index contributed by atoms with van der Waals surface area (Å²) in [6, 6.07) is 1.64. The van der Waals surface area contributed by atoms with Crippen LogP contribution in [0.3, 0.4) is 0 Å². The lowest BCUT2D eigenvalue weighted by Crippen LogP contribution is -2.34. The highest BCUT2D eigenvalue weighted by molar-refractivity contribution is 5.97. The highest BCUT2D eigenvalue weighted by Crippen LogP contribution is 2.18. The maximum Gasteiger partial charge on any atom is 0.195 e. The van der Waals surface area contributed by atoms with Crippen LogP contribution in [0.25, 0.3) is 0 Å². The van der Waals surface area contributed by atoms with Gasteiger partial charge in [0, 0.05) is 12.0 Å². The van der Waals surface area contributed by atoms with E-state index in [1.165, 1.54) is 0 Å². The van der Waals surface area contributed by atoms with E-state index in [-0.39, 0.29) is 6.42 Å². The summed E-state index contributed by atoms with van der Waals surface area (Å²) in [5, 5.41) is 0. The summed E-state index contributed by atoms with van der Waals surface area (Å²) >= 11 is 0. The minimum atomic E-state index is -1.64. The number of benzene rings is 1. The summed E-state index contributed by atoms with van der Waals surface area (Å²) in [5.41, 5.74) is 4.28. The van der Waals surface area contributed by atoms with Gasteiger partial charge in [-0.3, -0.25) is 4.79 Å². The van der Waals surface area contributed by atoms with Gasteiger partial charge in [0.2, 0.25) is 0 Å². The SMILES string of the molecule is CC(C)(N)CC(=O)c1ccc(F)c(F)c1F. The van der Waals surface area contributed by atoms with E-state index >= 15 is 0 Å². The molecule has 1 aromatic rings. The monoisotopic (exact) mass is 231 g/mol. The first-order valence-electron chi connectivity index (χ1n) is 4.68. The van der Waals surface area contributed by atoms with Crippen molar-refractivity contribution in [1.82, 2.24) is 0 Å². The van der Waals surface area contributed by atoms with E-state index in [1.807, 2.05) is 0 Å². The third-order valence-electron chi connectivity index (χ3n) is 1.95. The van der Waals surface area contributed by atoms with Crippen LogP contribution < -0.4 is 5.73 Å². The van der Waals surface area contributed by atoms with Crippen LogP contribution in [-0.2, 0) is 0 Å². The Morgan fingerprint density at radius 2 is 1.81 bits per heavy atom. The predicted octanol–water partition coefficient (Wildman–Crippen LogP) is 2.41. The van der Waals surface area contributed by atoms with Gasteiger partial charge in [0.15, 0.2) is 23.2 Å². The quantitative estimate of drug-likeness (QED) is 0.641. The van der Waals surface area contributed by atoms with Crippen LogP contribution in [-0.4, -0.2) is 11.3 Å². The fraction of sp³-hybridized carbons (Fsp3) is 0.364. The average Bonchev–Trinajstić information content (AvgIpc) is 2.11. The maximum absolute atomic E-state index is 13.2. The van der Waals surface area contributed by atoms with Crippen molar-refractivity contribution in [2.24, 2.45) is 5.73 Å². The molecule has 1 aromatic carbocycles. The first kappa shape index (κ1) is 12.7. The van der Waals surface area contributed by atoms with E-state index < -0.39 is 34.3 Å². The lowest BCUT2D eigenvalue weighted by atomic mass is 9.95. The first-order valence-corrected chi connectivity index (χ1v) is 4.68. The number of carbonyl (C=O) groups is 1. The Kier molecular flexibility index (Phi) is 3.38. The van der Waals surface area contributed by atoms with Crippen molar-refractivity contribution >= 4 is 5.78 Å². The summed E-state index contributed by atoms with van der Waals surface area (Å²) in [6.07, 6.45) is -0.144. The minimum absolute atomic E-state index is 0.144. The van der Waals surface area contributed by atoms with Gasteiger partial charge in [-0.1, -0.05) is 0 Å². The molecule has 0 amide bonds. The number of nitrogens with two attached hydrogens (primary N) is 1. The Hall–Kier alpha value is -1.36. The van der Waals surface area contributed by atoms with Crippen molar-refractivity contribution in [2.75, 3.05) is 0 Å². The van der Waals surface area contributed by atoms with Gasteiger partial charge in [-0.15, -0.1) is 0 Å². The molecular formula is C11H12F3NO. The summed E-state index contributed by atoms with van der Waals surface area (Å²) < 4.78 is 38.7. The minimum Gasteiger partial charge on any atom is -0.325 e. The molecule has 0 atom stereocenters. The van der Waals surface area contributed by atoms with Crippen molar-refractivity contribution in [3.63, 3.8) is 0 Å². The lowest BCUT2D eigenvalue weighted by Gasteiger charge is -2.17. The highest BCUT2D eigenvalue weighted by Gasteiger charge is 2.23. The molecule has 0 radical (unpaired) electrons. The highest BCUT2D eigenvalue weighted by atomic mass is 19.2. The second-order valence-electron chi connectivity index (χ2n) is 4.31. The summed E-state index contributed by atoms with van der Waals surface area (Å²) in [5.74, 6) is -5.07. The molecule has 0 saturated heterocycles. The van der Waals surface area contributed by atoms with Gasteiger partial charge in [-0.2, -0.15) is 0 Å². The van der Waals surface area contributed by atoms with Gasteiger partial charge in [0.05, 0.1) is 5.56 Å². The van der Waals surface area contributed by atoms with E-state index in [2.05, 4.69) is 0 Å². The van der Waals surface area contributed by atoms with E-state index in [4.69, 9.17) is 5.73 Å². The van der Waals surface area contributed by atoms with E-state index in [0.717, 1.165) is 12.1 Å². The smallest absolute Gasteiger partial charge is 0.195 e. The third-order valence-corrected chi connectivity index (χ3v) is 1.95. The number of carbonyl (C=O) groups excluding carboxylic acids is 1. The molecular weight excluding hydrogens is 219 g/mol. The maximum atomic E-state index is 13.2. The number of halogens is 3. The van der Waals surface area contributed by atoms with Gasteiger partial charge in [0.25, 0.3) is 0 Å². The van der Waals surface area contributed by atoms with E-state index in [0.29, 0.717) is 0 Å². The van der Waals surface area contributed by atoms with Crippen molar-refractivity contribution in [3.05, 3.63) is 35.1 Å². The molecule has 2 nitrogen and oxygen atoms in total. The molecule has 0 spiro atoms. The Bertz CT molecular complexity index is 424. The van der Waals surface area contributed by atoms with Crippen molar-refractivity contribution < 1.29 is 18.0 Å². The zero-order valence-electron chi connectivity index (χ0n) is 8.98. The topological polar surface area (TPSA) is 43.1 Å². The Labute approximate surface area is 91.3 Å². The zero-order valence-corrected chi connectivity index (χ0v) is 8.98. The second kappa shape index (κ2) is 4.25. The molecule has 0 saturated carbocycles. The molecule has 0 aliphatic rings. The van der Waals surface area contributed by atoms with Crippen LogP contribution >= 0.6 is 0 Å². The summed E-state index contributed by atoms with van der Waals surface area (Å²) in [7, 11) is 0. The molecule has 0 aliphatic carbocycles. The third kappa shape index (κ3) is 2.82. The molecule has 1 rings (SSSR count). The van der Waals surface area contributed by atoms with Gasteiger partial charge in [-0.25, -0.2) is 13.2 Å². The molecule has 0 fully saturated rings. The number of rotatable bonds is 3. The van der Waals surface area contributed by atoms with Gasteiger partial charge in [-0.05, 0) is 26.0 Å². The number of hydrogen-bond acceptors (Lipinski definition) is 2. The number of ketones is 1. The lowest BCUT2D eigenvalue weighted by molar-refractivity contribution is 0.0955. The van der Waals surface area contributed by atoms with E-state index in [1.54, 1.807) is 13.8 Å². The van der Waals surface area contributed by atoms with Crippen LogP contribution in [0.1, 0.15) is 30.6 Å². The average molecular weight is 231 g/mol. The molecule has 0 aromatic heterocycles. The van der Waals surface area contributed by atoms with Crippen molar-refractivity contribution in [3.8, 4) is 0 Å². The summed E-state index contributed by atoms with van der Waals surface area (Å²) in [6.45, 7) is 3.17. The fourth-order valence-corrected chi connectivity index (χ4v) is 1.25. The normalized spacial score (nSPS) is 11.6. The Morgan fingerprint density at radius 1 is 1.25 bits per heavy atom. The van der Waals surface area contributed by atoms with Crippen LogP contribution in [0, 0.1) is 17.5 Å². The Balaban J connectivity index is 3.06. The first-order chi connectivity index (χ1) is 7.22. The standard InChI is InChI=1S/C11H12F3NO/c1-11(2,15)5-8(16)6-3-4-7(12)10(14)9(6)13/h3-4H,5,15H2,1-2H3. The molecule has 5 heteroatoms. The van der Waals surface area contributed by atoms with Crippen molar-refractivity contribution in [1.29, 1.82) is 0 Å². The number of hydrogen-bond donors (Lipinski definition) is 1. The molecule has 16 heavy (non-hydrogen) atoms. The molecule has 2 N–H and O–H groups in total. The second-order valence-corrected chi connectivity index (χ2v) is 4.31. The van der Waals surface area contributed by atoms with Crippen LogP contribution in [0.2, 0.25) is 0 Å². The predicted molar refractivity (Wildman–Crippen MR) is 53.5 cm³/mol. The Morgan fingerprint density at radius 3 is 2.31 bits per heavy atom. The molecule has 0 heterocycles. The summed E-state index contributed by atoms with van der Waals surface area (Å²) in [4.78, 5) is 11.5. The van der Waals surface area contributed by atoms with Crippen LogP contribution in [0.5, 0.6) is 0 Å². The van der Waals surface area contributed by atoms with E-state index in [9.17, 15) is 18.0 Å². The largest absolute Gasteiger partial charge is 0.325 e. The van der Waals surface area contributed by atoms with Gasteiger partial charge in [0.1, 0.15) is 0 Å². The molecule has 88 valence electrons.